The van der Waals surface area contributed by atoms with Crippen LogP contribution in [0.5, 0.6) is 0 Å². The van der Waals surface area contributed by atoms with E-state index in [0.29, 0.717) is 24.0 Å². The van der Waals surface area contributed by atoms with Crippen molar-refractivity contribution in [1.29, 1.82) is 0 Å². The largest absolute Gasteiger partial charge is 0.748 e. The molecule has 116 valence electrons. The number of carbonyl (C=O) groups is 1. The van der Waals surface area contributed by atoms with Crippen LogP contribution in [0.1, 0.15) is 12.8 Å². The Balaban J connectivity index is 3.84. The molecular formula is C12H21NO6S. The molecule has 0 aliphatic heterocycles. The van der Waals surface area contributed by atoms with Gasteiger partial charge in [-0.15, -0.1) is 0 Å². The average molecular weight is 307 g/mol. The van der Waals surface area contributed by atoms with Gasteiger partial charge in [0.1, 0.15) is 13.2 Å². The Morgan fingerprint density at radius 3 is 2.55 bits per heavy atom. The maximum Gasteiger partial charge on any atom is 0.305 e. The number of carboxylic acids is 1. The van der Waals surface area contributed by atoms with Gasteiger partial charge in [0, 0.05) is 12.2 Å². The first-order valence-corrected chi connectivity index (χ1v) is 7.71. The van der Waals surface area contributed by atoms with Gasteiger partial charge < -0.3 is 18.9 Å². The van der Waals surface area contributed by atoms with Gasteiger partial charge in [-0.05, 0) is 5.92 Å². The Labute approximate surface area is 119 Å². The van der Waals surface area contributed by atoms with Gasteiger partial charge in [-0.3, -0.25) is 4.79 Å². The van der Waals surface area contributed by atoms with Crippen LogP contribution < -0.4 is 0 Å². The first kappa shape index (κ1) is 18.9. The molecule has 0 rings (SSSR count). The maximum atomic E-state index is 10.5. The van der Waals surface area contributed by atoms with Crippen molar-refractivity contribution in [2.45, 2.75) is 12.8 Å². The zero-order chi connectivity index (χ0) is 15.6. The van der Waals surface area contributed by atoms with E-state index in [-0.39, 0.29) is 25.4 Å². The van der Waals surface area contributed by atoms with Gasteiger partial charge >= 0.3 is 5.97 Å². The summed E-state index contributed by atoms with van der Waals surface area (Å²) in [6, 6.07) is 0. The minimum atomic E-state index is -4.15. The first-order valence-electron chi connectivity index (χ1n) is 6.13. The highest BCUT2D eigenvalue weighted by molar-refractivity contribution is 7.85. The van der Waals surface area contributed by atoms with Crippen molar-refractivity contribution >= 4 is 16.1 Å². The zero-order valence-electron chi connectivity index (χ0n) is 11.8. The highest BCUT2D eigenvalue weighted by atomic mass is 32.2. The lowest BCUT2D eigenvalue weighted by Gasteiger charge is -2.27. The summed E-state index contributed by atoms with van der Waals surface area (Å²) < 4.78 is 36.9. The fraction of sp³-hybridized carbons (Fsp3) is 0.750. The molecule has 0 saturated heterocycles. The smallest absolute Gasteiger partial charge is 0.305 e. The molecule has 0 aliphatic rings. The Hall–Kier alpha value is -1.14. The third kappa shape index (κ3) is 13.3. The third-order valence-corrected chi connectivity index (χ3v) is 3.21. The van der Waals surface area contributed by atoms with Crippen LogP contribution in [0, 0.1) is 11.8 Å². The van der Waals surface area contributed by atoms with E-state index >= 15 is 0 Å². The van der Waals surface area contributed by atoms with E-state index in [1.165, 1.54) is 0 Å². The summed E-state index contributed by atoms with van der Waals surface area (Å²) in [5, 5.41) is 8.38. The monoisotopic (exact) mass is 307 g/mol. The van der Waals surface area contributed by atoms with Crippen LogP contribution in [0.3, 0.4) is 0 Å². The highest BCUT2D eigenvalue weighted by Gasteiger charge is 2.13. The lowest BCUT2D eigenvalue weighted by molar-refractivity contribution is -0.883. The fourth-order valence-corrected chi connectivity index (χ4v) is 1.83. The molecule has 8 heteroatoms. The van der Waals surface area contributed by atoms with Gasteiger partial charge in [0.25, 0.3) is 0 Å². The van der Waals surface area contributed by atoms with Crippen LogP contribution in [0.25, 0.3) is 0 Å². The molecule has 0 fully saturated rings. The summed E-state index contributed by atoms with van der Waals surface area (Å²) in [6.07, 6.45) is 0.253. The molecule has 20 heavy (non-hydrogen) atoms. The van der Waals surface area contributed by atoms with E-state index in [4.69, 9.17) is 9.84 Å². The quantitative estimate of drug-likeness (QED) is 0.266. The van der Waals surface area contributed by atoms with E-state index in [9.17, 15) is 17.8 Å². The summed E-state index contributed by atoms with van der Waals surface area (Å²) in [5.74, 6) is 4.37. The Kier molecular flexibility index (Phi) is 8.41. The minimum Gasteiger partial charge on any atom is -0.748 e. The topological polar surface area (TPSA) is 104 Å². The summed E-state index contributed by atoms with van der Waals surface area (Å²) >= 11 is 0. The van der Waals surface area contributed by atoms with Crippen LogP contribution in [-0.2, 0) is 19.6 Å². The van der Waals surface area contributed by atoms with Crippen molar-refractivity contribution in [3.63, 3.8) is 0 Å². The van der Waals surface area contributed by atoms with Crippen LogP contribution in [0.2, 0.25) is 0 Å². The van der Waals surface area contributed by atoms with Gasteiger partial charge in [0.2, 0.25) is 0 Å². The van der Waals surface area contributed by atoms with Crippen LogP contribution in [0.15, 0.2) is 0 Å². The number of aliphatic carboxylic acids is 1. The highest BCUT2D eigenvalue weighted by Crippen LogP contribution is 2.00. The van der Waals surface area contributed by atoms with Gasteiger partial charge in [0.15, 0.2) is 0 Å². The summed E-state index contributed by atoms with van der Waals surface area (Å²) in [5.41, 5.74) is 0. The van der Waals surface area contributed by atoms with Crippen LogP contribution in [0.4, 0.5) is 0 Å². The molecule has 0 heterocycles. The summed E-state index contributed by atoms with van der Waals surface area (Å²) in [7, 11) is -0.380. The van der Waals surface area contributed by atoms with E-state index in [2.05, 4.69) is 11.8 Å². The van der Waals surface area contributed by atoms with E-state index in [1.54, 1.807) is 0 Å². The van der Waals surface area contributed by atoms with Crippen molar-refractivity contribution in [2.24, 2.45) is 0 Å². The van der Waals surface area contributed by atoms with Gasteiger partial charge in [-0.1, -0.05) is 5.92 Å². The molecule has 0 radical (unpaired) electrons. The molecule has 0 amide bonds. The molecule has 0 aromatic carbocycles. The molecule has 0 aromatic heterocycles. The van der Waals surface area contributed by atoms with Crippen LogP contribution >= 0.6 is 0 Å². The number of ether oxygens (including phenoxy) is 1. The van der Waals surface area contributed by atoms with Crippen molar-refractivity contribution in [3.8, 4) is 11.8 Å². The fourth-order valence-electron chi connectivity index (χ4n) is 1.35. The van der Waals surface area contributed by atoms with E-state index < -0.39 is 16.1 Å². The lowest BCUT2D eigenvalue weighted by atomic mass is 10.3. The zero-order valence-corrected chi connectivity index (χ0v) is 12.6. The predicted octanol–water partition coefficient (Wildman–Crippen LogP) is -0.507. The first-order chi connectivity index (χ1) is 9.12. The molecule has 0 bridgehead atoms. The number of carboxylic acid groups (broad SMARTS) is 1. The number of hydrogen-bond donors (Lipinski definition) is 1. The number of rotatable bonds is 9. The normalized spacial score (nSPS) is 11.8. The second-order valence-electron chi connectivity index (χ2n) is 4.98. The minimum absolute atomic E-state index is 0.0487. The van der Waals surface area contributed by atoms with Crippen molar-refractivity contribution in [2.75, 3.05) is 46.2 Å². The maximum absolute atomic E-state index is 10.5. The molecule has 0 unspecified atom stereocenters. The number of quaternary nitrogens is 1. The standard InChI is InChI=1S/C12H21NO6S/c1-13(2,8-5-11-20(16,17)18)7-3-4-9-19-10-6-12(14)15/h5-11H2,1-2H3,(H-,14,15,16,17,18). The molecule has 0 atom stereocenters. The second kappa shape index (κ2) is 8.92. The van der Waals surface area contributed by atoms with Gasteiger partial charge in [-0.25, -0.2) is 8.42 Å². The second-order valence-corrected chi connectivity index (χ2v) is 6.51. The van der Waals surface area contributed by atoms with Crippen molar-refractivity contribution in [3.05, 3.63) is 0 Å². The Morgan fingerprint density at radius 2 is 2.00 bits per heavy atom. The van der Waals surface area contributed by atoms with Gasteiger partial charge in [0.05, 0.1) is 43.8 Å². The molecular weight excluding hydrogens is 286 g/mol. The number of nitrogens with zero attached hydrogens (tertiary/aromatic N) is 1. The molecule has 0 spiro atoms. The SMILES string of the molecule is C[N+](C)(CC#CCOCCC(=O)O)CCCS(=O)(=O)[O-]. The summed E-state index contributed by atoms with van der Waals surface area (Å²) in [4.78, 5) is 10.2. The molecule has 1 N–H and O–H groups in total. The van der Waals surface area contributed by atoms with E-state index in [0.717, 1.165) is 0 Å². The van der Waals surface area contributed by atoms with Gasteiger partial charge in [-0.2, -0.15) is 0 Å². The third-order valence-electron chi connectivity index (χ3n) is 2.42. The summed E-state index contributed by atoms with van der Waals surface area (Å²) in [6.45, 7) is 1.34. The molecule has 0 aromatic rings. The Morgan fingerprint density at radius 1 is 1.35 bits per heavy atom. The van der Waals surface area contributed by atoms with E-state index in [1.807, 2.05) is 14.1 Å². The average Bonchev–Trinajstić information content (AvgIpc) is 2.25. The Bertz CT molecular complexity index is 460. The van der Waals surface area contributed by atoms with Crippen molar-refractivity contribution in [1.82, 2.24) is 0 Å². The molecule has 0 aliphatic carbocycles. The van der Waals surface area contributed by atoms with Crippen molar-refractivity contribution < 1.29 is 32.1 Å². The number of hydrogen-bond acceptors (Lipinski definition) is 5. The molecule has 7 nitrogen and oxygen atoms in total. The molecule has 0 saturated carbocycles. The lowest BCUT2D eigenvalue weighted by Crippen LogP contribution is -2.41. The van der Waals surface area contributed by atoms with Crippen LogP contribution in [-0.4, -0.2) is 74.7 Å². The predicted molar refractivity (Wildman–Crippen MR) is 71.9 cm³/mol.